The summed E-state index contributed by atoms with van der Waals surface area (Å²) in [6, 6.07) is 0.274. The molecule has 1 aromatic heterocycles. The van der Waals surface area contributed by atoms with Gasteiger partial charge in [-0.25, -0.2) is 4.98 Å². The van der Waals surface area contributed by atoms with E-state index in [9.17, 15) is 0 Å². The van der Waals surface area contributed by atoms with Crippen molar-refractivity contribution < 1.29 is 4.74 Å². The molecule has 0 aliphatic rings. The summed E-state index contributed by atoms with van der Waals surface area (Å²) in [5, 5.41) is 3.93. The standard InChI is InChI=1S/C11H21N3OS/c1-9(8-15-3)13-11-12-5-6-14(11)7-10(2)16-4/h5-6,9-10H,7-8H2,1-4H3,(H,12,13). The van der Waals surface area contributed by atoms with E-state index in [0.717, 1.165) is 12.5 Å². The maximum Gasteiger partial charge on any atom is 0.203 e. The van der Waals surface area contributed by atoms with Crippen molar-refractivity contribution in [2.75, 3.05) is 25.3 Å². The fourth-order valence-corrected chi connectivity index (χ4v) is 1.77. The van der Waals surface area contributed by atoms with Gasteiger partial charge in [0.05, 0.1) is 6.61 Å². The van der Waals surface area contributed by atoms with E-state index in [1.165, 1.54) is 0 Å². The summed E-state index contributed by atoms with van der Waals surface area (Å²) in [6.45, 7) is 5.96. The molecule has 92 valence electrons. The minimum Gasteiger partial charge on any atom is -0.383 e. The number of anilines is 1. The largest absolute Gasteiger partial charge is 0.383 e. The van der Waals surface area contributed by atoms with Crippen LogP contribution in [0.15, 0.2) is 12.4 Å². The van der Waals surface area contributed by atoms with E-state index in [2.05, 4.69) is 35.0 Å². The molecule has 16 heavy (non-hydrogen) atoms. The molecule has 0 aliphatic carbocycles. The van der Waals surface area contributed by atoms with Gasteiger partial charge in [-0.3, -0.25) is 0 Å². The number of imidazole rings is 1. The quantitative estimate of drug-likeness (QED) is 0.796. The Kier molecular flexibility index (Phi) is 5.69. The number of methoxy groups -OCH3 is 1. The van der Waals surface area contributed by atoms with E-state index >= 15 is 0 Å². The van der Waals surface area contributed by atoms with Crippen LogP contribution in [0.2, 0.25) is 0 Å². The van der Waals surface area contributed by atoms with E-state index in [4.69, 9.17) is 4.74 Å². The molecule has 1 rings (SSSR count). The van der Waals surface area contributed by atoms with Crippen LogP contribution in [-0.2, 0) is 11.3 Å². The Morgan fingerprint density at radius 1 is 1.56 bits per heavy atom. The average molecular weight is 243 g/mol. The lowest BCUT2D eigenvalue weighted by molar-refractivity contribution is 0.190. The maximum atomic E-state index is 5.09. The van der Waals surface area contributed by atoms with Gasteiger partial charge in [0.15, 0.2) is 0 Å². The van der Waals surface area contributed by atoms with Crippen molar-refractivity contribution in [1.29, 1.82) is 0 Å². The summed E-state index contributed by atoms with van der Waals surface area (Å²) in [4.78, 5) is 4.31. The van der Waals surface area contributed by atoms with Crippen LogP contribution in [0.4, 0.5) is 5.95 Å². The van der Waals surface area contributed by atoms with E-state index in [1.807, 2.05) is 24.2 Å². The van der Waals surface area contributed by atoms with Crippen LogP contribution in [0.5, 0.6) is 0 Å². The number of nitrogens with zero attached hydrogens (tertiary/aromatic N) is 2. The van der Waals surface area contributed by atoms with Gasteiger partial charge in [0.2, 0.25) is 5.95 Å². The number of hydrogen-bond donors (Lipinski definition) is 1. The van der Waals surface area contributed by atoms with Gasteiger partial charge < -0.3 is 14.6 Å². The molecule has 0 amide bonds. The maximum absolute atomic E-state index is 5.09. The van der Waals surface area contributed by atoms with Crippen molar-refractivity contribution in [3.8, 4) is 0 Å². The van der Waals surface area contributed by atoms with Crippen molar-refractivity contribution in [2.45, 2.75) is 31.7 Å². The molecule has 0 saturated heterocycles. The van der Waals surface area contributed by atoms with Gasteiger partial charge >= 0.3 is 0 Å². The van der Waals surface area contributed by atoms with Crippen LogP contribution < -0.4 is 5.32 Å². The van der Waals surface area contributed by atoms with Crippen LogP contribution >= 0.6 is 11.8 Å². The van der Waals surface area contributed by atoms with Crippen molar-refractivity contribution in [3.63, 3.8) is 0 Å². The van der Waals surface area contributed by atoms with Gasteiger partial charge in [-0.15, -0.1) is 0 Å². The minimum absolute atomic E-state index is 0.274. The fourth-order valence-electron chi connectivity index (χ4n) is 1.46. The minimum atomic E-state index is 0.274. The second kappa shape index (κ2) is 6.81. The van der Waals surface area contributed by atoms with Crippen molar-refractivity contribution >= 4 is 17.7 Å². The third kappa shape index (κ3) is 4.06. The second-order valence-electron chi connectivity index (χ2n) is 3.95. The molecule has 5 heteroatoms. The summed E-state index contributed by atoms with van der Waals surface area (Å²) in [7, 11) is 1.71. The third-order valence-corrected chi connectivity index (χ3v) is 3.32. The van der Waals surface area contributed by atoms with E-state index in [0.29, 0.717) is 11.9 Å². The highest BCUT2D eigenvalue weighted by Crippen LogP contribution is 2.13. The van der Waals surface area contributed by atoms with Crippen LogP contribution in [-0.4, -0.2) is 40.8 Å². The first-order valence-corrected chi connectivity index (χ1v) is 6.75. The molecule has 0 saturated carbocycles. The molecule has 4 nitrogen and oxygen atoms in total. The Labute approximate surface area is 102 Å². The normalized spacial score (nSPS) is 14.8. The first-order chi connectivity index (χ1) is 7.67. The summed E-state index contributed by atoms with van der Waals surface area (Å²) in [6.07, 6.45) is 5.96. The van der Waals surface area contributed by atoms with E-state index in [-0.39, 0.29) is 6.04 Å². The number of aromatic nitrogens is 2. The summed E-state index contributed by atoms with van der Waals surface area (Å²) in [5.41, 5.74) is 0. The summed E-state index contributed by atoms with van der Waals surface area (Å²) >= 11 is 1.86. The molecule has 0 fully saturated rings. The Hall–Kier alpha value is -0.680. The van der Waals surface area contributed by atoms with Gasteiger partial charge in [-0.05, 0) is 13.2 Å². The first-order valence-electron chi connectivity index (χ1n) is 5.46. The van der Waals surface area contributed by atoms with Crippen molar-refractivity contribution in [3.05, 3.63) is 12.4 Å². The number of thioether (sulfide) groups is 1. The van der Waals surface area contributed by atoms with Crippen molar-refractivity contribution in [2.24, 2.45) is 0 Å². The van der Waals surface area contributed by atoms with Crippen LogP contribution in [0.3, 0.4) is 0 Å². The first kappa shape index (κ1) is 13.4. The lowest BCUT2D eigenvalue weighted by atomic mass is 10.4. The van der Waals surface area contributed by atoms with Crippen LogP contribution in [0, 0.1) is 0 Å². The fraction of sp³-hybridized carbons (Fsp3) is 0.727. The highest BCUT2D eigenvalue weighted by atomic mass is 32.2. The summed E-state index contributed by atoms with van der Waals surface area (Å²) < 4.78 is 7.24. The lowest BCUT2D eigenvalue weighted by Crippen LogP contribution is -2.24. The van der Waals surface area contributed by atoms with Crippen molar-refractivity contribution in [1.82, 2.24) is 9.55 Å². The predicted molar refractivity (Wildman–Crippen MR) is 70.2 cm³/mol. The van der Waals surface area contributed by atoms with Crippen LogP contribution in [0.1, 0.15) is 13.8 Å². The number of rotatable bonds is 7. The topological polar surface area (TPSA) is 39.1 Å². The molecule has 1 heterocycles. The Morgan fingerprint density at radius 2 is 2.31 bits per heavy atom. The van der Waals surface area contributed by atoms with E-state index in [1.54, 1.807) is 7.11 Å². The number of ether oxygens (including phenoxy) is 1. The van der Waals surface area contributed by atoms with Gasteiger partial charge in [0, 0.05) is 37.3 Å². The second-order valence-corrected chi connectivity index (χ2v) is 5.23. The third-order valence-electron chi connectivity index (χ3n) is 2.36. The lowest BCUT2D eigenvalue weighted by Gasteiger charge is -2.16. The smallest absolute Gasteiger partial charge is 0.203 e. The molecule has 2 unspecified atom stereocenters. The van der Waals surface area contributed by atoms with Gasteiger partial charge in [0.1, 0.15) is 0 Å². The zero-order valence-corrected chi connectivity index (χ0v) is 11.3. The number of nitrogens with one attached hydrogen (secondary N) is 1. The number of hydrogen-bond acceptors (Lipinski definition) is 4. The summed E-state index contributed by atoms with van der Waals surface area (Å²) in [5.74, 6) is 0.922. The molecule has 0 bridgehead atoms. The average Bonchev–Trinajstić information content (AvgIpc) is 2.66. The highest BCUT2D eigenvalue weighted by molar-refractivity contribution is 7.99. The highest BCUT2D eigenvalue weighted by Gasteiger charge is 2.08. The van der Waals surface area contributed by atoms with Gasteiger partial charge in [-0.2, -0.15) is 11.8 Å². The van der Waals surface area contributed by atoms with E-state index < -0.39 is 0 Å². The molecule has 0 spiro atoms. The molecule has 1 N–H and O–H groups in total. The van der Waals surface area contributed by atoms with Gasteiger partial charge in [-0.1, -0.05) is 6.92 Å². The predicted octanol–water partition coefficient (Wildman–Crippen LogP) is 2.08. The monoisotopic (exact) mass is 243 g/mol. The SMILES string of the molecule is COCC(C)Nc1nccn1CC(C)SC. The molecule has 2 atom stereocenters. The molecule has 0 aliphatic heterocycles. The molecular formula is C11H21N3OS. The zero-order valence-electron chi connectivity index (χ0n) is 10.4. The molecule has 0 radical (unpaired) electrons. The Morgan fingerprint density at radius 3 is 2.94 bits per heavy atom. The zero-order chi connectivity index (χ0) is 12.0. The molecule has 1 aromatic rings. The van der Waals surface area contributed by atoms with Crippen LogP contribution in [0.25, 0.3) is 0 Å². The molecular weight excluding hydrogens is 222 g/mol. The Balaban J connectivity index is 2.56. The van der Waals surface area contributed by atoms with Gasteiger partial charge in [0.25, 0.3) is 0 Å². The Bertz CT molecular complexity index is 303. The molecule has 0 aromatic carbocycles.